The van der Waals surface area contributed by atoms with Crippen molar-refractivity contribution >= 4 is 11.7 Å². The minimum Gasteiger partial charge on any atom is -0.507 e. The van der Waals surface area contributed by atoms with Crippen LogP contribution in [0.2, 0.25) is 0 Å². The molecule has 1 atom stereocenters. The van der Waals surface area contributed by atoms with Crippen LogP contribution in [0.25, 0.3) is 0 Å². The Labute approximate surface area is 156 Å². The van der Waals surface area contributed by atoms with Crippen molar-refractivity contribution in [1.82, 2.24) is 0 Å². The Morgan fingerprint density at radius 2 is 1.59 bits per heavy atom. The minimum absolute atomic E-state index is 0.119. The molecule has 0 aliphatic carbocycles. The van der Waals surface area contributed by atoms with Crippen molar-refractivity contribution in [2.24, 2.45) is 0 Å². The predicted octanol–water partition coefficient (Wildman–Crippen LogP) is 4.67. The largest absolute Gasteiger partial charge is 0.507 e. The quantitative estimate of drug-likeness (QED) is 0.756. The molecule has 0 saturated carbocycles. The van der Waals surface area contributed by atoms with E-state index in [4.69, 9.17) is 0 Å². The number of halogens is 3. The van der Waals surface area contributed by atoms with Crippen LogP contribution in [0.3, 0.4) is 0 Å². The zero-order chi connectivity index (χ0) is 20.6. The average molecular weight is 381 g/mol. The zero-order valence-corrected chi connectivity index (χ0v) is 15.8. The van der Waals surface area contributed by atoms with Gasteiger partial charge < -0.3 is 15.2 Å². The van der Waals surface area contributed by atoms with Gasteiger partial charge in [-0.1, -0.05) is 12.1 Å². The number of methoxy groups -OCH3 is 1. The van der Waals surface area contributed by atoms with Gasteiger partial charge in [0, 0.05) is 5.69 Å². The first-order valence-corrected chi connectivity index (χ1v) is 8.26. The van der Waals surface area contributed by atoms with E-state index < -0.39 is 17.7 Å². The molecule has 0 unspecified atom stereocenters. The summed E-state index contributed by atoms with van der Waals surface area (Å²) in [6.45, 7) is 6.39. The molecule has 0 aromatic heterocycles. The molecular formula is C20H22F3NO3. The highest BCUT2D eigenvalue weighted by molar-refractivity contribution is 5.88. The van der Waals surface area contributed by atoms with Gasteiger partial charge in [0.1, 0.15) is 5.75 Å². The maximum atomic E-state index is 14.4. The fourth-order valence-corrected chi connectivity index (χ4v) is 3.01. The number of nitrogens with one attached hydrogen (secondary N) is 1. The Morgan fingerprint density at radius 1 is 1.04 bits per heavy atom. The van der Waals surface area contributed by atoms with Crippen molar-refractivity contribution in [2.75, 3.05) is 12.4 Å². The molecule has 0 radical (unpaired) electrons. The standard InChI is InChI=1S/C20H22F3NO3/c1-11-7-6-8-16(14(11)4)24-19(18(26)27-5,20(21,22)23)15-9-12(2)17(25)13(3)10-15/h6-10,24-25H,1-5H3/t19-/m0/s1. The van der Waals surface area contributed by atoms with Gasteiger partial charge in [-0.15, -0.1) is 0 Å². The van der Waals surface area contributed by atoms with Crippen molar-refractivity contribution in [3.63, 3.8) is 0 Å². The van der Waals surface area contributed by atoms with Crippen molar-refractivity contribution < 1.29 is 27.8 Å². The van der Waals surface area contributed by atoms with Gasteiger partial charge in [0.15, 0.2) is 0 Å². The number of alkyl halides is 3. The van der Waals surface area contributed by atoms with Crippen LogP contribution >= 0.6 is 0 Å². The summed E-state index contributed by atoms with van der Waals surface area (Å²) in [5.74, 6) is -1.60. The third-order valence-electron chi connectivity index (χ3n) is 4.77. The SMILES string of the molecule is COC(=O)[C@@](Nc1cccc(C)c1C)(c1cc(C)c(O)c(C)c1)C(F)(F)F. The molecular weight excluding hydrogens is 359 g/mol. The van der Waals surface area contributed by atoms with Crippen LogP contribution in [0.4, 0.5) is 18.9 Å². The number of carbonyl (C=O) groups excluding carboxylic acids is 1. The second kappa shape index (κ2) is 7.13. The lowest BCUT2D eigenvalue weighted by atomic mass is 9.85. The number of carbonyl (C=O) groups is 1. The van der Waals surface area contributed by atoms with E-state index in [0.29, 0.717) is 5.56 Å². The first-order valence-electron chi connectivity index (χ1n) is 8.26. The summed E-state index contributed by atoms with van der Waals surface area (Å²) < 4.78 is 47.6. The summed E-state index contributed by atoms with van der Waals surface area (Å²) >= 11 is 0. The summed E-state index contributed by atoms with van der Waals surface area (Å²) in [6.07, 6.45) is -5.01. The zero-order valence-electron chi connectivity index (χ0n) is 15.8. The third-order valence-corrected chi connectivity index (χ3v) is 4.77. The van der Waals surface area contributed by atoms with Crippen LogP contribution in [-0.4, -0.2) is 24.4 Å². The Balaban J connectivity index is 2.83. The van der Waals surface area contributed by atoms with Crippen molar-refractivity contribution in [3.8, 4) is 5.75 Å². The van der Waals surface area contributed by atoms with Gasteiger partial charge in [-0.25, -0.2) is 4.79 Å². The normalized spacial score (nSPS) is 13.8. The fourth-order valence-electron chi connectivity index (χ4n) is 3.01. The number of hydrogen-bond acceptors (Lipinski definition) is 4. The molecule has 0 amide bonds. The molecule has 4 nitrogen and oxygen atoms in total. The summed E-state index contributed by atoms with van der Waals surface area (Å²) in [5, 5.41) is 12.3. The molecule has 27 heavy (non-hydrogen) atoms. The first kappa shape index (κ1) is 20.6. The van der Waals surface area contributed by atoms with E-state index in [2.05, 4.69) is 10.1 Å². The number of rotatable bonds is 4. The van der Waals surface area contributed by atoms with Crippen LogP contribution in [0, 0.1) is 27.7 Å². The van der Waals surface area contributed by atoms with E-state index in [1.54, 1.807) is 26.0 Å². The number of benzene rings is 2. The molecule has 0 saturated heterocycles. The van der Waals surface area contributed by atoms with E-state index in [1.807, 2.05) is 0 Å². The van der Waals surface area contributed by atoms with E-state index in [-0.39, 0.29) is 28.1 Å². The second-order valence-electron chi connectivity index (χ2n) is 6.57. The minimum atomic E-state index is -5.01. The molecule has 0 spiro atoms. The lowest BCUT2D eigenvalue weighted by Crippen LogP contribution is -2.56. The highest BCUT2D eigenvalue weighted by Gasteiger charge is 2.63. The Morgan fingerprint density at radius 3 is 2.07 bits per heavy atom. The van der Waals surface area contributed by atoms with Gasteiger partial charge in [-0.05, 0) is 73.7 Å². The summed E-state index contributed by atoms with van der Waals surface area (Å²) in [5.41, 5.74) is -1.49. The van der Waals surface area contributed by atoms with E-state index >= 15 is 0 Å². The van der Waals surface area contributed by atoms with Crippen LogP contribution in [0.1, 0.15) is 27.8 Å². The van der Waals surface area contributed by atoms with E-state index in [0.717, 1.165) is 24.8 Å². The molecule has 0 fully saturated rings. The average Bonchev–Trinajstić information content (AvgIpc) is 2.58. The van der Waals surface area contributed by atoms with Crippen LogP contribution in [-0.2, 0) is 15.1 Å². The first-order chi connectivity index (χ1) is 12.5. The van der Waals surface area contributed by atoms with Gasteiger partial charge >= 0.3 is 12.1 Å². The highest BCUT2D eigenvalue weighted by atomic mass is 19.4. The van der Waals surface area contributed by atoms with Crippen LogP contribution < -0.4 is 5.32 Å². The number of hydrogen-bond donors (Lipinski definition) is 2. The van der Waals surface area contributed by atoms with Gasteiger partial charge in [0.05, 0.1) is 7.11 Å². The smallest absolute Gasteiger partial charge is 0.426 e. The summed E-state index contributed by atoms with van der Waals surface area (Å²) in [6, 6.07) is 7.14. The topological polar surface area (TPSA) is 58.6 Å². The Kier molecular flexibility index (Phi) is 5.45. The Hall–Kier alpha value is -2.70. The molecule has 2 rings (SSSR count). The van der Waals surface area contributed by atoms with Gasteiger partial charge in [0.2, 0.25) is 0 Å². The van der Waals surface area contributed by atoms with Crippen LogP contribution in [0.5, 0.6) is 5.75 Å². The molecule has 146 valence electrons. The maximum absolute atomic E-state index is 14.4. The van der Waals surface area contributed by atoms with Crippen molar-refractivity contribution in [3.05, 3.63) is 58.1 Å². The molecule has 0 heterocycles. The van der Waals surface area contributed by atoms with Gasteiger partial charge in [-0.3, -0.25) is 0 Å². The lowest BCUT2D eigenvalue weighted by Gasteiger charge is -2.36. The maximum Gasteiger partial charge on any atom is 0.426 e. The summed E-state index contributed by atoms with van der Waals surface area (Å²) in [7, 11) is 0.910. The second-order valence-corrected chi connectivity index (χ2v) is 6.57. The van der Waals surface area contributed by atoms with Gasteiger partial charge in [0.25, 0.3) is 5.54 Å². The number of phenolic OH excluding ortho intramolecular Hbond substituents is 1. The van der Waals surface area contributed by atoms with Gasteiger partial charge in [-0.2, -0.15) is 13.2 Å². The third kappa shape index (κ3) is 3.46. The fraction of sp³-hybridized carbons (Fsp3) is 0.350. The van der Waals surface area contributed by atoms with E-state index in [9.17, 15) is 23.1 Å². The summed E-state index contributed by atoms with van der Waals surface area (Å²) in [4.78, 5) is 12.5. The van der Waals surface area contributed by atoms with Crippen molar-refractivity contribution in [1.29, 1.82) is 0 Å². The van der Waals surface area contributed by atoms with Crippen LogP contribution in [0.15, 0.2) is 30.3 Å². The van der Waals surface area contributed by atoms with Crippen molar-refractivity contribution in [2.45, 2.75) is 39.4 Å². The molecule has 0 aliphatic heterocycles. The highest BCUT2D eigenvalue weighted by Crippen LogP contribution is 2.45. The number of phenols is 1. The monoisotopic (exact) mass is 381 g/mol. The molecule has 0 aliphatic rings. The number of aromatic hydroxyl groups is 1. The molecule has 0 bridgehead atoms. The molecule has 7 heteroatoms. The lowest BCUT2D eigenvalue weighted by molar-refractivity contribution is -0.201. The van der Waals surface area contributed by atoms with E-state index in [1.165, 1.54) is 19.9 Å². The number of esters is 1. The Bertz CT molecular complexity index is 854. The molecule has 2 aromatic carbocycles. The molecule has 2 aromatic rings. The number of ether oxygens (including phenoxy) is 1. The predicted molar refractivity (Wildman–Crippen MR) is 96.9 cm³/mol. The number of aryl methyl sites for hydroxylation is 3. The molecule has 2 N–H and O–H groups in total. The number of anilines is 1.